The van der Waals surface area contributed by atoms with Crippen molar-refractivity contribution in [1.82, 2.24) is 4.98 Å². The zero-order valence-corrected chi connectivity index (χ0v) is 13.1. The first-order chi connectivity index (χ1) is 12.2. The second-order valence-electron chi connectivity index (χ2n) is 5.00. The van der Waals surface area contributed by atoms with Crippen molar-refractivity contribution in [3.63, 3.8) is 0 Å². The Labute approximate surface area is 143 Å². The maximum atomic E-state index is 10.6. The second-order valence-corrected chi connectivity index (χ2v) is 5.00. The second kappa shape index (κ2) is 7.69. The molecule has 1 heterocycles. The Hall–Kier alpha value is -3.74. The number of benzene rings is 2. The molecule has 2 aromatic carbocycles. The Morgan fingerprint density at radius 3 is 2.00 bits per heavy atom. The minimum Gasteiger partial charge on any atom is -0.258 e. The number of nitro groups is 1. The van der Waals surface area contributed by atoms with Crippen LogP contribution in [0.4, 0.5) is 22.7 Å². The lowest BCUT2D eigenvalue weighted by Crippen LogP contribution is -1.85. The standard InChI is InChI=1S/C18H13N5O2/c24-23(25)18-10-8-16(9-11-18)22-21-15-6-4-14(5-7-15)20-13-17-3-1-2-12-19-17/h1-13H/b20-13+,22-21+. The third kappa shape index (κ3) is 4.61. The molecule has 3 rings (SSSR count). The third-order valence-electron chi connectivity index (χ3n) is 3.22. The average molecular weight is 331 g/mol. The molecule has 1 aromatic heterocycles. The van der Waals surface area contributed by atoms with E-state index in [1.165, 1.54) is 12.1 Å². The molecule has 0 spiro atoms. The van der Waals surface area contributed by atoms with Crippen molar-refractivity contribution in [2.75, 3.05) is 0 Å². The van der Waals surface area contributed by atoms with E-state index in [0.717, 1.165) is 11.4 Å². The lowest BCUT2D eigenvalue weighted by Gasteiger charge is -1.96. The number of rotatable bonds is 5. The molecule has 0 aliphatic heterocycles. The summed E-state index contributed by atoms with van der Waals surface area (Å²) in [5.41, 5.74) is 2.79. The number of azo groups is 1. The topological polar surface area (TPSA) is 93.1 Å². The first kappa shape index (κ1) is 16.1. The summed E-state index contributed by atoms with van der Waals surface area (Å²) >= 11 is 0. The van der Waals surface area contributed by atoms with Crippen LogP contribution in [0.5, 0.6) is 0 Å². The van der Waals surface area contributed by atoms with Gasteiger partial charge in [-0.3, -0.25) is 20.1 Å². The number of nitro benzene ring substituents is 1. The molecule has 0 bridgehead atoms. The highest BCUT2D eigenvalue weighted by atomic mass is 16.6. The van der Waals surface area contributed by atoms with Gasteiger partial charge in [-0.1, -0.05) is 6.07 Å². The minimum atomic E-state index is -0.453. The Bertz CT molecular complexity index is 904. The molecule has 7 heteroatoms. The van der Waals surface area contributed by atoms with Crippen LogP contribution >= 0.6 is 0 Å². The summed E-state index contributed by atoms with van der Waals surface area (Å²) in [6.45, 7) is 0. The van der Waals surface area contributed by atoms with E-state index in [9.17, 15) is 10.1 Å². The van der Waals surface area contributed by atoms with Gasteiger partial charge in [0, 0.05) is 18.3 Å². The van der Waals surface area contributed by atoms with Crippen molar-refractivity contribution < 1.29 is 4.92 Å². The number of non-ortho nitro benzene ring substituents is 1. The summed E-state index contributed by atoms with van der Waals surface area (Å²) in [5, 5.41) is 18.8. The zero-order valence-electron chi connectivity index (χ0n) is 13.1. The Morgan fingerprint density at radius 2 is 1.44 bits per heavy atom. The highest BCUT2D eigenvalue weighted by Crippen LogP contribution is 2.23. The van der Waals surface area contributed by atoms with Gasteiger partial charge in [-0.05, 0) is 48.5 Å². The van der Waals surface area contributed by atoms with E-state index < -0.39 is 4.92 Å². The van der Waals surface area contributed by atoms with Crippen molar-refractivity contribution in [2.24, 2.45) is 15.2 Å². The molecule has 122 valence electrons. The van der Waals surface area contributed by atoms with Gasteiger partial charge in [0.25, 0.3) is 5.69 Å². The SMILES string of the molecule is O=[N+]([O-])c1ccc(/N=N/c2ccc(/N=C/c3ccccn3)cc2)cc1. The lowest BCUT2D eigenvalue weighted by atomic mass is 10.3. The van der Waals surface area contributed by atoms with Gasteiger partial charge in [-0.25, -0.2) is 0 Å². The normalized spacial score (nSPS) is 11.2. The van der Waals surface area contributed by atoms with Crippen LogP contribution in [0.25, 0.3) is 0 Å². The molecule has 0 amide bonds. The molecule has 0 fully saturated rings. The van der Waals surface area contributed by atoms with Crippen molar-refractivity contribution in [3.8, 4) is 0 Å². The molecule has 0 N–H and O–H groups in total. The van der Waals surface area contributed by atoms with Gasteiger partial charge in [0.15, 0.2) is 0 Å². The number of aliphatic imine (C=N–C) groups is 1. The Balaban J connectivity index is 1.66. The molecule has 3 aromatic rings. The quantitative estimate of drug-likeness (QED) is 0.280. The smallest absolute Gasteiger partial charge is 0.258 e. The van der Waals surface area contributed by atoms with E-state index in [1.54, 1.807) is 36.7 Å². The first-order valence-electron chi connectivity index (χ1n) is 7.42. The lowest BCUT2D eigenvalue weighted by molar-refractivity contribution is -0.384. The van der Waals surface area contributed by atoms with Crippen LogP contribution in [0.3, 0.4) is 0 Å². The largest absolute Gasteiger partial charge is 0.269 e. The molecule has 25 heavy (non-hydrogen) atoms. The number of nitrogens with zero attached hydrogens (tertiary/aromatic N) is 5. The van der Waals surface area contributed by atoms with Crippen LogP contribution in [0, 0.1) is 10.1 Å². The van der Waals surface area contributed by atoms with Crippen molar-refractivity contribution in [2.45, 2.75) is 0 Å². The predicted octanol–water partition coefficient (Wildman–Crippen LogP) is 5.16. The van der Waals surface area contributed by atoms with Gasteiger partial charge < -0.3 is 0 Å². The third-order valence-corrected chi connectivity index (χ3v) is 3.22. The van der Waals surface area contributed by atoms with Gasteiger partial charge in [0.1, 0.15) is 0 Å². The zero-order chi connectivity index (χ0) is 17.5. The molecule has 7 nitrogen and oxygen atoms in total. The Kier molecular flexibility index (Phi) is 4.96. The summed E-state index contributed by atoms with van der Waals surface area (Å²) in [7, 11) is 0. The number of pyridine rings is 1. The molecular weight excluding hydrogens is 318 g/mol. The highest BCUT2D eigenvalue weighted by Gasteiger charge is 2.03. The highest BCUT2D eigenvalue weighted by molar-refractivity contribution is 5.79. The van der Waals surface area contributed by atoms with Crippen LogP contribution in [-0.2, 0) is 0 Å². The van der Waals surface area contributed by atoms with Crippen molar-refractivity contribution >= 4 is 29.0 Å². The van der Waals surface area contributed by atoms with Crippen LogP contribution in [0.15, 0.2) is 88.1 Å². The number of aromatic nitrogens is 1. The van der Waals surface area contributed by atoms with Crippen LogP contribution < -0.4 is 0 Å². The van der Waals surface area contributed by atoms with Crippen LogP contribution in [0.1, 0.15) is 5.69 Å². The molecule has 0 aliphatic rings. The molecule has 0 aliphatic carbocycles. The maximum absolute atomic E-state index is 10.6. The first-order valence-corrected chi connectivity index (χ1v) is 7.42. The molecule has 0 saturated carbocycles. The van der Waals surface area contributed by atoms with Crippen LogP contribution in [-0.4, -0.2) is 16.1 Å². The van der Waals surface area contributed by atoms with E-state index >= 15 is 0 Å². The van der Waals surface area contributed by atoms with Crippen molar-refractivity contribution in [1.29, 1.82) is 0 Å². The van der Waals surface area contributed by atoms with Gasteiger partial charge in [0.05, 0.1) is 33.9 Å². The fraction of sp³-hybridized carbons (Fsp3) is 0. The summed E-state index contributed by atoms with van der Waals surface area (Å²) in [5.74, 6) is 0. The van der Waals surface area contributed by atoms with Gasteiger partial charge in [-0.2, -0.15) is 10.2 Å². The van der Waals surface area contributed by atoms with Gasteiger partial charge in [0.2, 0.25) is 0 Å². The monoisotopic (exact) mass is 331 g/mol. The molecule has 0 radical (unpaired) electrons. The van der Waals surface area contributed by atoms with Gasteiger partial charge >= 0.3 is 0 Å². The Morgan fingerprint density at radius 1 is 0.840 bits per heavy atom. The van der Waals surface area contributed by atoms with E-state index in [1.807, 2.05) is 30.3 Å². The van der Waals surface area contributed by atoms with Crippen molar-refractivity contribution in [3.05, 3.63) is 88.7 Å². The fourth-order valence-electron chi connectivity index (χ4n) is 1.95. The predicted molar refractivity (Wildman–Crippen MR) is 95.2 cm³/mol. The fourth-order valence-corrected chi connectivity index (χ4v) is 1.95. The summed E-state index contributed by atoms with van der Waals surface area (Å²) in [6.07, 6.45) is 3.40. The molecule has 0 saturated heterocycles. The van der Waals surface area contributed by atoms with E-state index in [-0.39, 0.29) is 5.69 Å². The van der Waals surface area contributed by atoms with Crippen LogP contribution in [0.2, 0.25) is 0 Å². The summed E-state index contributed by atoms with van der Waals surface area (Å²) in [6, 6.07) is 18.7. The molecule has 0 unspecified atom stereocenters. The summed E-state index contributed by atoms with van der Waals surface area (Å²) in [4.78, 5) is 18.7. The average Bonchev–Trinajstić information content (AvgIpc) is 2.67. The van der Waals surface area contributed by atoms with E-state index in [4.69, 9.17) is 0 Å². The minimum absolute atomic E-state index is 0.0223. The van der Waals surface area contributed by atoms with E-state index in [0.29, 0.717) is 11.4 Å². The van der Waals surface area contributed by atoms with Gasteiger partial charge in [-0.15, -0.1) is 0 Å². The number of hydrogen-bond donors (Lipinski definition) is 0. The van der Waals surface area contributed by atoms with E-state index in [2.05, 4.69) is 20.2 Å². The molecular formula is C18H13N5O2. The number of hydrogen-bond acceptors (Lipinski definition) is 6. The molecule has 0 atom stereocenters. The maximum Gasteiger partial charge on any atom is 0.269 e. The summed E-state index contributed by atoms with van der Waals surface area (Å²) < 4.78 is 0.